The van der Waals surface area contributed by atoms with Crippen molar-refractivity contribution in [3.63, 3.8) is 0 Å². The number of rotatable bonds is 3. The second-order valence-corrected chi connectivity index (χ2v) is 6.05. The molecule has 0 aliphatic carbocycles. The third-order valence-electron chi connectivity index (χ3n) is 4.74. The summed E-state index contributed by atoms with van der Waals surface area (Å²) in [6, 6.07) is 1.52. The first-order valence-corrected chi connectivity index (χ1v) is 7.60. The Morgan fingerprint density at radius 1 is 1.35 bits per heavy atom. The molecule has 3 heterocycles. The van der Waals surface area contributed by atoms with E-state index in [0.717, 1.165) is 19.4 Å². The molecule has 2 atom stereocenters. The quantitative estimate of drug-likeness (QED) is 0.918. The zero-order chi connectivity index (χ0) is 14.3. The Balaban J connectivity index is 1.81. The summed E-state index contributed by atoms with van der Waals surface area (Å²) in [5, 5.41) is 7.53. The van der Waals surface area contributed by atoms with Gasteiger partial charge in [-0.05, 0) is 46.5 Å². The summed E-state index contributed by atoms with van der Waals surface area (Å²) in [5.41, 5.74) is 1.35. The largest absolute Gasteiger partial charge is 0.361 e. The molecule has 2 bridgehead atoms. The van der Waals surface area contributed by atoms with E-state index in [0.29, 0.717) is 35.1 Å². The lowest BCUT2D eigenvalue weighted by Crippen LogP contribution is -2.50. The van der Waals surface area contributed by atoms with Crippen LogP contribution in [0.3, 0.4) is 0 Å². The maximum Gasteiger partial charge on any atom is 0.259 e. The van der Waals surface area contributed by atoms with Gasteiger partial charge in [0.05, 0.1) is 5.69 Å². The molecule has 1 aromatic rings. The first kappa shape index (κ1) is 13.6. The number of nitrogens with zero attached hydrogens (tertiary/aromatic N) is 2. The first-order chi connectivity index (χ1) is 9.60. The van der Waals surface area contributed by atoms with Gasteiger partial charge in [-0.25, -0.2) is 0 Å². The number of nitrogens with one attached hydrogen (secondary N) is 1. The van der Waals surface area contributed by atoms with Gasteiger partial charge in [0.2, 0.25) is 0 Å². The monoisotopic (exact) mass is 277 g/mol. The van der Waals surface area contributed by atoms with Crippen molar-refractivity contribution >= 4 is 5.91 Å². The lowest BCUT2D eigenvalue weighted by atomic mass is 9.97. The summed E-state index contributed by atoms with van der Waals surface area (Å²) < 4.78 is 5.14. The Kier molecular flexibility index (Phi) is 3.54. The predicted molar refractivity (Wildman–Crippen MR) is 75.7 cm³/mol. The van der Waals surface area contributed by atoms with E-state index < -0.39 is 0 Å². The zero-order valence-corrected chi connectivity index (χ0v) is 12.5. The molecule has 2 fully saturated rings. The van der Waals surface area contributed by atoms with Gasteiger partial charge in [-0.2, -0.15) is 0 Å². The molecule has 1 amide bonds. The van der Waals surface area contributed by atoms with Crippen molar-refractivity contribution in [3.8, 4) is 0 Å². The minimum Gasteiger partial charge on any atom is -0.361 e. The van der Waals surface area contributed by atoms with Crippen LogP contribution in [0.2, 0.25) is 0 Å². The fourth-order valence-electron chi connectivity index (χ4n) is 3.78. The zero-order valence-electron chi connectivity index (χ0n) is 12.5. The lowest BCUT2D eigenvalue weighted by molar-refractivity contribution is 0.0628. The van der Waals surface area contributed by atoms with Crippen LogP contribution in [0.1, 0.15) is 54.4 Å². The van der Waals surface area contributed by atoms with Gasteiger partial charge in [-0.15, -0.1) is 0 Å². The van der Waals surface area contributed by atoms with E-state index >= 15 is 0 Å². The summed E-state index contributed by atoms with van der Waals surface area (Å²) in [4.78, 5) is 14.8. The van der Waals surface area contributed by atoms with Gasteiger partial charge >= 0.3 is 0 Å². The molecule has 0 aromatic carbocycles. The highest BCUT2D eigenvalue weighted by Gasteiger charge is 2.38. The first-order valence-electron chi connectivity index (χ1n) is 7.60. The number of hydrogen-bond acceptors (Lipinski definition) is 4. The van der Waals surface area contributed by atoms with Crippen molar-refractivity contribution in [1.29, 1.82) is 0 Å². The number of hydrogen-bond donors (Lipinski definition) is 1. The standard InChI is InChI=1S/C15H23N3O2/c1-4-18(13-7-11-5-6-12(8-13)16-11)15(19)14-9(2)17-20-10(14)3/h11-13,16H,4-8H2,1-3H3. The number of carbonyl (C=O) groups excluding carboxylic acids is 1. The van der Waals surface area contributed by atoms with E-state index in [1.165, 1.54) is 12.8 Å². The van der Waals surface area contributed by atoms with Crippen molar-refractivity contribution < 1.29 is 9.32 Å². The number of aryl methyl sites for hydroxylation is 2. The summed E-state index contributed by atoms with van der Waals surface area (Å²) in [6.07, 6.45) is 4.63. The average molecular weight is 277 g/mol. The normalized spacial score (nSPS) is 28.6. The van der Waals surface area contributed by atoms with Crippen molar-refractivity contribution in [3.05, 3.63) is 17.0 Å². The van der Waals surface area contributed by atoms with E-state index in [1.54, 1.807) is 0 Å². The molecule has 5 heteroatoms. The number of carbonyl (C=O) groups is 1. The third kappa shape index (κ3) is 2.24. The van der Waals surface area contributed by atoms with Crippen LogP contribution in [-0.2, 0) is 0 Å². The maximum absolute atomic E-state index is 12.8. The van der Waals surface area contributed by atoms with E-state index in [4.69, 9.17) is 4.52 Å². The summed E-state index contributed by atoms with van der Waals surface area (Å²) in [6.45, 7) is 6.45. The molecular weight excluding hydrogens is 254 g/mol. The predicted octanol–water partition coefficient (Wildman–Crippen LogP) is 2.04. The van der Waals surface area contributed by atoms with Gasteiger partial charge in [0.15, 0.2) is 0 Å². The molecule has 1 N–H and O–H groups in total. The second-order valence-electron chi connectivity index (χ2n) is 6.05. The van der Waals surface area contributed by atoms with Crippen molar-refractivity contribution in [2.75, 3.05) is 6.54 Å². The highest BCUT2D eigenvalue weighted by atomic mass is 16.5. The smallest absolute Gasteiger partial charge is 0.259 e. The van der Waals surface area contributed by atoms with E-state index in [9.17, 15) is 4.79 Å². The van der Waals surface area contributed by atoms with Gasteiger partial charge < -0.3 is 14.7 Å². The topological polar surface area (TPSA) is 58.4 Å². The van der Waals surface area contributed by atoms with Crippen LogP contribution in [0, 0.1) is 13.8 Å². The summed E-state index contributed by atoms with van der Waals surface area (Å²) >= 11 is 0. The lowest BCUT2D eigenvalue weighted by Gasteiger charge is -2.37. The van der Waals surface area contributed by atoms with E-state index in [1.807, 2.05) is 18.7 Å². The van der Waals surface area contributed by atoms with Crippen molar-refractivity contribution in [2.45, 2.75) is 64.6 Å². The van der Waals surface area contributed by atoms with Crippen LogP contribution < -0.4 is 5.32 Å². The Bertz CT molecular complexity index is 480. The third-order valence-corrected chi connectivity index (χ3v) is 4.74. The van der Waals surface area contributed by atoms with Gasteiger partial charge in [-0.3, -0.25) is 4.79 Å². The summed E-state index contributed by atoms with van der Waals surface area (Å²) in [7, 11) is 0. The van der Waals surface area contributed by atoms with Gasteiger partial charge in [-0.1, -0.05) is 5.16 Å². The Morgan fingerprint density at radius 3 is 2.50 bits per heavy atom. The molecule has 3 rings (SSSR count). The van der Waals surface area contributed by atoms with Gasteiger partial charge in [0.1, 0.15) is 11.3 Å². The fourth-order valence-corrected chi connectivity index (χ4v) is 3.78. The van der Waals surface area contributed by atoms with Crippen molar-refractivity contribution in [1.82, 2.24) is 15.4 Å². The van der Waals surface area contributed by atoms with Crippen molar-refractivity contribution in [2.24, 2.45) is 0 Å². The molecular formula is C15H23N3O2. The minimum atomic E-state index is 0.0788. The highest BCUT2D eigenvalue weighted by molar-refractivity contribution is 5.96. The minimum absolute atomic E-state index is 0.0788. The van der Waals surface area contributed by atoms with Crippen LogP contribution in [0.25, 0.3) is 0 Å². The highest BCUT2D eigenvalue weighted by Crippen LogP contribution is 2.31. The fraction of sp³-hybridized carbons (Fsp3) is 0.733. The van der Waals surface area contributed by atoms with Gasteiger partial charge in [0.25, 0.3) is 5.91 Å². The van der Waals surface area contributed by atoms with E-state index in [-0.39, 0.29) is 5.91 Å². The molecule has 0 saturated carbocycles. The van der Waals surface area contributed by atoms with Crippen LogP contribution in [0.5, 0.6) is 0 Å². The Morgan fingerprint density at radius 2 is 2.00 bits per heavy atom. The van der Waals surface area contributed by atoms with Crippen LogP contribution >= 0.6 is 0 Å². The number of aromatic nitrogens is 1. The molecule has 2 aliphatic heterocycles. The molecule has 2 unspecified atom stereocenters. The Labute approximate surface area is 119 Å². The molecule has 2 aliphatic rings. The van der Waals surface area contributed by atoms with Crippen LogP contribution in [0.4, 0.5) is 0 Å². The maximum atomic E-state index is 12.8. The molecule has 5 nitrogen and oxygen atoms in total. The number of piperidine rings is 1. The summed E-state index contributed by atoms with van der Waals surface area (Å²) in [5.74, 6) is 0.706. The SMILES string of the molecule is CCN(C(=O)c1c(C)noc1C)C1CC2CCC(C1)N2. The second kappa shape index (κ2) is 5.20. The molecule has 0 radical (unpaired) electrons. The molecule has 0 spiro atoms. The number of amides is 1. The average Bonchev–Trinajstić information content (AvgIpc) is 2.93. The molecule has 110 valence electrons. The van der Waals surface area contributed by atoms with Gasteiger partial charge in [0, 0.05) is 24.7 Å². The van der Waals surface area contributed by atoms with E-state index in [2.05, 4.69) is 17.4 Å². The molecule has 20 heavy (non-hydrogen) atoms. The molecule has 1 aromatic heterocycles. The van der Waals surface area contributed by atoms with Crippen LogP contribution in [-0.4, -0.2) is 40.6 Å². The molecule has 2 saturated heterocycles. The van der Waals surface area contributed by atoms with Crippen LogP contribution in [0.15, 0.2) is 4.52 Å². The Hall–Kier alpha value is -1.36. The number of fused-ring (bicyclic) bond motifs is 2.